The molecule has 0 saturated carbocycles. The summed E-state index contributed by atoms with van der Waals surface area (Å²) in [5.74, 6) is 0. The lowest BCUT2D eigenvalue weighted by atomic mass is 10.1. The van der Waals surface area contributed by atoms with Crippen LogP contribution in [0.4, 0.5) is 0 Å². The van der Waals surface area contributed by atoms with Gasteiger partial charge in [0.15, 0.2) is 0 Å². The average Bonchev–Trinajstić information content (AvgIpc) is 1.57. The SMILES string of the molecule is Brc1ccc2c(c1)c1c3oc4ccccc4c3ccc1n2-c1ccccc1.Brc1ccc2c(c1)c1cc3oc4ccccc4c3cc1n2-c1ccccc1.Brc1ccc2c(c1)c1ccc3oc4ccccc4c3c1n2-c1ccccc1.Brc1cccc2c1c1ccc3oc4ccccc4c3c1n2-c1ccccc1. The Bertz CT molecular complexity index is 7730. The number of benzene rings is 16. The zero-order chi connectivity index (χ0) is 71.8. The molecule has 24 aromatic rings. The topological polar surface area (TPSA) is 72.3 Å². The molecule has 0 atom stereocenters. The molecule has 0 aliphatic carbocycles. The zero-order valence-corrected chi connectivity index (χ0v) is 63.6. The first-order valence-corrected chi connectivity index (χ1v) is 38.8. The monoisotopic (exact) mass is 1640 g/mol. The van der Waals surface area contributed by atoms with Crippen molar-refractivity contribution in [1.29, 1.82) is 0 Å². The van der Waals surface area contributed by atoms with Gasteiger partial charge in [-0.2, -0.15) is 0 Å². The van der Waals surface area contributed by atoms with E-state index in [9.17, 15) is 0 Å². The van der Waals surface area contributed by atoms with Crippen LogP contribution in [0, 0.1) is 0 Å². The smallest absolute Gasteiger partial charge is 0.145 e. The number of hydrogen-bond donors (Lipinski definition) is 0. The maximum Gasteiger partial charge on any atom is 0.145 e. The van der Waals surface area contributed by atoms with E-state index in [1.807, 2.05) is 54.6 Å². The third-order valence-corrected chi connectivity index (χ3v) is 23.1. The second kappa shape index (κ2) is 25.8. The molecule has 0 radical (unpaired) electrons. The summed E-state index contributed by atoms with van der Waals surface area (Å²) in [4.78, 5) is 0. The van der Waals surface area contributed by atoms with Gasteiger partial charge >= 0.3 is 0 Å². The first kappa shape index (κ1) is 64.2. The van der Waals surface area contributed by atoms with Crippen LogP contribution in [0.5, 0.6) is 0 Å². The standard InChI is InChI=1S/4C24H14BrNO/c25-18-10-6-11-19-22(18)17-13-14-21-23(16-9-4-5-12-20(16)27-21)24(17)26(19)15-7-2-1-3-8-15;25-15-10-12-20-19(14-15)17-11-13-22-23(18-8-4-5-9-21(18)27-22)24(17)26(20)16-6-2-1-3-7-16;25-15-10-12-20-19(14-15)23-21(26(20)16-6-2-1-3-7-16)13-11-18-17-8-4-5-9-22(17)27-24(18)23;25-15-10-11-21-18(12-15)19-14-24-20(17-8-4-5-9-23(17)27-24)13-22(19)26(21)16-6-2-1-3-7-16/h4*1-14H. The molecule has 0 aliphatic rings. The van der Waals surface area contributed by atoms with Crippen LogP contribution in [-0.4, -0.2) is 18.3 Å². The molecule has 8 heterocycles. The Morgan fingerprint density at radius 2 is 0.565 bits per heavy atom. The third-order valence-electron chi connectivity index (χ3n) is 21.0. The van der Waals surface area contributed by atoms with Gasteiger partial charge in [0.05, 0.1) is 60.3 Å². The van der Waals surface area contributed by atoms with Gasteiger partial charge in [-0.15, -0.1) is 0 Å². The van der Waals surface area contributed by atoms with E-state index < -0.39 is 0 Å². The Hall–Kier alpha value is -12.2. The van der Waals surface area contributed by atoms with E-state index in [2.05, 4.69) is 367 Å². The van der Waals surface area contributed by atoms with E-state index in [0.717, 1.165) is 134 Å². The molecule has 0 bridgehead atoms. The summed E-state index contributed by atoms with van der Waals surface area (Å²) in [6.45, 7) is 0. The molecule has 0 aliphatic heterocycles. The highest BCUT2D eigenvalue weighted by Crippen LogP contribution is 2.47. The maximum atomic E-state index is 6.33. The fraction of sp³-hybridized carbons (Fsp3) is 0. The van der Waals surface area contributed by atoms with Crippen LogP contribution in [0.2, 0.25) is 0 Å². The number of para-hydroxylation sites is 8. The Kier molecular flexibility index (Phi) is 15.4. The van der Waals surface area contributed by atoms with Crippen LogP contribution in [0.1, 0.15) is 0 Å². The molecular weight excluding hydrogens is 1590 g/mol. The number of rotatable bonds is 4. The van der Waals surface area contributed by atoms with Crippen LogP contribution in [0.15, 0.2) is 375 Å². The van der Waals surface area contributed by atoms with Crippen molar-refractivity contribution in [1.82, 2.24) is 18.3 Å². The van der Waals surface area contributed by atoms with E-state index in [1.165, 1.54) is 81.7 Å². The lowest BCUT2D eigenvalue weighted by Crippen LogP contribution is -1.93. The summed E-state index contributed by atoms with van der Waals surface area (Å²) in [7, 11) is 0. The normalized spacial score (nSPS) is 11.9. The van der Waals surface area contributed by atoms with Gasteiger partial charge in [0, 0.05) is 111 Å². The van der Waals surface area contributed by atoms with Crippen molar-refractivity contribution in [3.05, 3.63) is 358 Å². The summed E-state index contributed by atoms with van der Waals surface area (Å²) < 4.78 is 38.4. The molecule has 8 aromatic heterocycles. The quantitative estimate of drug-likeness (QED) is 0.176. The predicted molar refractivity (Wildman–Crippen MR) is 463 cm³/mol. The lowest BCUT2D eigenvalue weighted by Gasteiger charge is -2.08. The molecule has 12 heteroatoms. The number of hydrogen-bond acceptors (Lipinski definition) is 4. The van der Waals surface area contributed by atoms with Crippen molar-refractivity contribution in [3.63, 3.8) is 0 Å². The minimum atomic E-state index is 0.916. The van der Waals surface area contributed by atoms with Crippen LogP contribution in [0.3, 0.4) is 0 Å². The van der Waals surface area contributed by atoms with E-state index in [-0.39, 0.29) is 0 Å². The number of aromatic nitrogens is 4. The van der Waals surface area contributed by atoms with Crippen LogP contribution in [-0.2, 0) is 0 Å². The molecule has 0 fully saturated rings. The van der Waals surface area contributed by atoms with Crippen molar-refractivity contribution in [3.8, 4) is 22.7 Å². The molecular formula is C96H56Br4N4O4. The second-order valence-electron chi connectivity index (χ2n) is 27.1. The molecule has 16 aromatic carbocycles. The van der Waals surface area contributed by atoms with Crippen LogP contribution < -0.4 is 0 Å². The van der Waals surface area contributed by atoms with Crippen molar-refractivity contribution < 1.29 is 17.7 Å². The zero-order valence-electron chi connectivity index (χ0n) is 57.3. The molecule has 0 saturated heterocycles. The molecule has 24 rings (SSSR count). The summed E-state index contributed by atoms with van der Waals surface area (Å²) in [5.41, 5.74) is 21.5. The number of nitrogens with zero attached hydrogens (tertiary/aromatic N) is 4. The largest absolute Gasteiger partial charge is 0.456 e. The first-order chi connectivity index (χ1) is 53.2. The summed E-state index contributed by atoms with van der Waals surface area (Å²) in [6, 6.07) is 118. The number of furan rings is 4. The summed E-state index contributed by atoms with van der Waals surface area (Å²) in [5, 5.41) is 18.9. The van der Waals surface area contributed by atoms with E-state index >= 15 is 0 Å². The Morgan fingerprint density at radius 3 is 1.13 bits per heavy atom. The highest BCUT2D eigenvalue weighted by Gasteiger charge is 2.24. The van der Waals surface area contributed by atoms with Gasteiger partial charge in [0.1, 0.15) is 44.7 Å². The van der Waals surface area contributed by atoms with Crippen LogP contribution >= 0.6 is 63.7 Å². The lowest BCUT2D eigenvalue weighted by molar-refractivity contribution is 0.669. The maximum absolute atomic E-state index is 6.33. The van der Waals surface area contributed by atoms with Gasteiger partial charge in [-0.1, -0.05) is 215 Å². The number of fused-ring (bicyclic) bond motifs is 27. The fourth-order valence-corrected chi connectivity index (χ4v) is 18.1. The van der Waals surface area contributed by atoms with Gasteiger partial charge in [-0.3, -0.25) is 0 Å². The van der Waals surface area contributed by atoms with Crippen LogP contribution in [0.25, 0.3) is 198 Å². The van der Waals surface area contributed by atoms with Crippen molar-refractivity contribution >= 4 is 239 Å². The third kappa shape index (κ3) is 10.3. The molecule has 0 spiro atoms. The molecule has 0 amide bonds. The molecule has 108 heavy (non-hydrogen) atoms. The minimum Gasteiger partial charge on any atom is -0.456 e. The molecule has 8 nitrogen and oxygen atoms in total. The average molecular weight is 1650 g/mol. The predicted octanol–water partition coefficient (Wildman–Crippen LogP) is 29.8. The van der Waals surface area contributed by atoms with E-state index in [1.54, 1.807) is 0 Å². The van der Waals surface area contributed by atoms with Crippen molar-refractivity contribution in [2.45, 2.75) is 0 Å². The summed E-state index contributed by atoms with van der Waals surface area (Å²) >= 11 is 14.7. The highest BCUT2D eigenvalue weighted by molar-refractivity contribution is 9.11. The van der Waals surface area contributed by atoms with E-state index in [0.29, 0.717) is 0 Å². The number of halogens is 4. The van der Waals surface area contributed by atoms with Crippen molar-refractivity contribution in [2.75, 3.05) is 0 Å². The Balaban J connectivity index is 0.0000000919. The molecule has 0 N–H and O–H groups in total. The molecule has 512 valence electrons. The fourth-order valence-electron chi connectivity index (χ4n) is 16.5. The van der Waals surface area contributed by atoms with Gasteiger partial charge in [0.25, 0.3) is 0 Å². The highest BCUT2D eigenvalue weighted by atomic mass is 79.9. The summed E-state index contributed by atoms with van der Waals surface area (Å²) in [6.07, 6.45) is 0. The molecule has 0 unspecified atom stereocenters. The Morgan fingerprint density at radius 1 is 0.185 bits per heavy atom. The van der Waals surface area contributed by atoms with Gasteiger partial charge < -0.3 is 35.9 Å². The van der Waals surface area contributed by atoms with E-state index in [4.69, 9.17) is 17.7 Å². The Labute approximate surface area is 649 Å². The first-order valence-electron chi connectivity index (χ1n) is 35.6. The van der Waals surface area contributed by atoms with Gasteiger partial charge in [-0.05, 0) is 188 Å². The van der Waals surface area contributed by atoms with Crippen molar-refractivity contribution in [2.24, 2.45) is 0 Å². The van der Waals surface area contributed by atoms with Gasteiger partial charge in [-0.25, -0.2) is 0 Å². The second-order valence-corrected chi connectivity index (χ2v) is 30.7. The van der Waals surface area contributed by atoms with Gasteiger partial charge in [0.2, 0.25) is 0 Å². The minimum absolute atomic E-state index is 0.916.